The summed E-state index contributed by atoms with van der Waals surface area (Å²) in [7, 11) is 0. The predicted molar refractivity (Wildman–Crippen MR) is 173 cm³/mol. The second kappa shape index (κ2) is 12.9. The molecule has 4 aromatic carbocycles. The molecule has 2 aliphatic rings. The number of phenols is 1. The predicted octanol–water partition coefficient (Wildman–Crippen LogP) is 9.04. The second-order valence-electron chi connectivity index (χ2n) is 11.5. The van der Waals surface area contributed by atoms with Gasteiger partial charge in [0.15, 0.2) is 5.78 Å². The van der Waals surface area contributed by atoms with Gasteiger partial charge in [0.25, 0.3) is 0 Å². The number of carbonyl (C=O) groups is 1. The molecule has 1 saturated heterocycles. The van der Waals surface area contributed by atoms with Gasteiger partial charge >= 0.3 is 0 Å². The van der Waals surface area contributed by atoms with Gasteiger partial charge in [-0.15, -0.1) is 0 Å². The smallest absolute Gasteiger partial charge is 0.163 e. The van der Waals surface area contributed by atoms with E-state index in [1.54, 1.807) is 6.07 Å². The number of hydrogen-bond acceptors (Lipinski definition) is 4. The third kappa shape index (κ3) is 6.22. The average molecular weight is 600 g/mol. The molecule has 0 spiro atoms. The summed E-state index contributed by atoms with van der Waals surface area (Å²) in [5, 5.41) is 12.4. The molecule has 1 aliphatic carbocycles. The lowest BCUT2D eigenvalue weighted by Crippen LogP contribution is -2.48. The van der Waals surface area contributed by atoms with Gasteiger partial charge in [0, 0.05) is 43.7 Å². The number of Topliss-reactive ketones (excluding diaryl/α,β-unsaturated/α-hetero) is 1. The van der Waals surface area contributed by atoms with Crippen molar-refractivity contribution in [1.29, 1.82) is 0 Å². The summed E-state index contributed by atoms with van der Waals surface area (Å²) in [4.78, 5) is 18.0. The van der Waals surface area contributed by atoms with E-state index in [0.717, 1.165) is 72.5 Å². The topological polar surface area (TPSA) is 43.8 Å². The molecule has 4 nitrogen and oxygen atoms in total. The van der Waals surface area contributed by atoms with Gasteiger partial charge in [-0.3, -0.25) is 9.69 Å². The van der Waals surface area contributed by atoms with E-state index in [0.29, 0.717) is 22.4 Å². The Morgan fingerprint density at radius 3 is 2.31 bits per heavy atom. The van der Waals surface area contributed by atoms with Crippen molar-refractivity contribution in [2.45, 2.75) is 38.1 Å². The van der Waals surface area contributed by atoms with E-state index in [9.17, 15) is 9.90 Å². The number of benzene rings is 4. The quantitative estimate of drug-likeness (QED) is 0.205. The van der Waals surface area contributed by atoms with Crippen LogP contribution in [-0.2, 0) is 0 Å². The Morgan fingerprint density at radius 2 is 1.55 bits per heavy atom. The van der Waals surface area contributed by atoms with E-state index in [1.807, 2.05) is 54.6 Å². The Morgan fingerprint density at radius 1 is 0.810 bits per heavy atom. The fraction of sp³-hybridized carbons (Fsp3) is 0.306. The van der Waals surface area contributed by atoms with E-state index in [4.69, 9.17) is 23.2 Å². The van der Waals surface area contributed by atoms with E-state index in [1.165, 1.54) is 12.8 Å². The summed E-state index contributed by atoms with van der Waals surface area (Å²) in [6, 6.07) is 29.7. The van der Waals surface area contributed by atoms with Crippen LogP contribution < -0.4 is 4.90 Å². The second-order valence-corrected chi connectivity index (χ2v) is 12.3. The summed E-state index contributed by atoms with van der Waals surface area (Å²) >= 11 is 12.9. The van der Waals surface area contributed by atoms with Crippen molar-refractivity contribution in [1.82, 2.24) is 4.90 Å². The molecule has 2 fully saturated rings. The number of nitrogens with zero attached hydrogens (tertiary/aromatic N) is 2. The summed E-state index contributed by atoms with van der Waals surface area (Å²) in [5.74, 6) is 0.961. The van der Waals surface area contributed by atoms with Crippen molar-refractivity contribution in [3.05, 3.63) is 118 Å². The highest BCUT2D eigenvalue weighted by Crippen LogP contribution is 2.39. The molecular formula is C36H36Cl2N2O2. The molecule has 0 aromatic heterocycles. The molecule has 0 amide bonds. The van der Waals surface area contributed by atoms with Crippen LogP contribution in [-0.4, -0.2) is 42.0 Å². The van der Waals surface area contributed by atoms with Gasteiger partial charge < -0.3 is 10.0 Å². The lowest BCUT2D eigenvalue weighted by Gasteiger charge is -2.41. The van der Waals surface area contributed by atoms with Crippen LogP contribution in [0.3, 0.4) is 0 Å². The number of hydrogen-bond donors (Lipinski definition) is 1. The lowest BCUT2D eigenvalue weighted by atomic mass is 9.90. The largest absolute Gasteiger partial charge is 0.508 e. The molecule has 1 N–H and O–H groups in total. The van der Waals surface area contributed by atoms with Crippen LogP contribution in [0, 0.1) is 5.92 Å². The highest BCUT2D eigenvalue weighted by atomic mass is 35.5. The number of anilines is 1. The molecule has 6 heteroatoms. The SMILES string of the molecule is O=C(CC1CCCC1)c1cccc(C(c2cc(-c3ccccc3)ccc2O)N2CCN(c3cccc(Cl)c3Cl)CC2)c1. The molecule has 1 heterocycles. The molecule has 6 rings (SSSR count). The van der Waals surface area contributed by atoms with E-state index in [-0.39, 0.29) is 17.6 Å². The molecule has 42 heavy (non-hydrogen) atoms. The van der Waals surface area contributed by atoms with Crippen LogP contribution in [0.15, 0.2) is 91.0 Å². The molecule has 216 valence electrons. The first-order chi connectivity index (χ1) is 20.5. The van der Waals surface area contributed by atoms with Gasteiger partial charge in [0.1, 0.15) is 5.75 Å². The minimum absolute atomic E-state index is 0.213. The summed E-state index contributed by atoms with van der Waals surface area (Å²) in [6.07, 6.45) is 5.36. The van der Waals surface area contributed by atoms with Crippen LogP contribution in [0.25, 0.3) is 11.1 Å². The van der Waals surface area contributed by atoms with Crippen molar-refractivity contribution in [2.24, 2.45) is 5.92 Å². The van der Waals surface area contributed by atoms with Crippen LogP contribution in [0.5, 0.6) is 5.75 Å². The van der Waals surface area contributed by atoms with Crippen molar-refractivity contribution in [2.75, 3.05) is 31.1 Å². The highest BCUT2D eigenvalue weighted by Gasteiger charge is 2.30. The van der Waals surface area contributed by atoms with E-state index in [2.05, 4.69) is 40.1 Å². The van der Waals surface area contributed by atoms with Gasteiger partial charge in [0.05, 0.1) is 21.8 Å². The van der Waals surface area contributed by atoms with Crippen molar-refractivity contribution in [3.63, 3.8) is 0 Å². The number of phenolic OH excluding ortho intramolecular Hbond substituents is 1. The maximum atomic E-state index is 13.4. The van der Waals surface area contributed by atoms with Crippen molar-refractivity contribution >= 4 is 34.7 Å². The molecule has 1 unspecified atom stereocenters. The fourth-order valence-electron chi connectivity index (χ4n) is 6.61. The normalized spacial score (nSPS) is 17.0. The first-order valence-corrected chi connectivity index (χ1v) is 15.7. The van der Waals surface area contributed by atoms with Crippen LogP contribution >= 0.6 is 23.2 Å². The Labute approximate surface area is 258 Å². The number of rotatable bonds is 8. The summed E-state index contributed by atoms with van der Waals surface area (Å²) < 4.78 is 0. The van der Waals surface area contributed by atoms with Crippen LogP contribution in [0.2, 0.25) is 10.0 Å². The maximum Gasteiger partial charge on any atom is 0.163 e. The van der Waals surface area contributed by atoms with E-state index < -0.39 is 0 Å². The van der Waals surface area contributed by atoms with Crippen LogP contribution in [0.1, 0.15) is 59.6 Å². The standard InChI is InChI=1S/C36H36Cl2N2O2/c37-31-14-7-15-32(35(31)38)39-18-20-40(21-19-39)36(30-24-27(16-17-33(30)41)26-10-2-1-3-11-26)29-13-6-12-28(23-29)34(42)22-25-8-4-5-9-25/h1-3,6-7,10-17,23-25,36,41H,4-5,8-9,18-22H2. The first-order valence-electron chi connectivity index (χ1n) is 14.9. The number of carbonyl (C=O) groups excluding carboxylic acids is 1. The third-order valence-electron chi connectivity index (χ3n) is 8.85. The minimum Gasteiger partial charge on any atom is -0.508 e. The zero-order valence-corrected chi connectivity index (χ0v) is 25.2. The summed E-state index contributed by atoms with van der Waals surface area (Å²) in [5.41, 5.74) is 5.69. The zero-order chi connectivity index (χ0) is 29.1. The van der Waals surface area contributed by atoms with E-state index >= 15 is 0 Å². The lowest BCUT2D eigenvalue weighted by molar-refractivity contribution is 0.0962. The number of aromatic hydroxyl groups is 1. The van der Waals surface area contributed by atoms with Crippen molar-refractivity contribution < 1.29 is 9.90 Å². The van der Waals surface area contributed by atoms with Gasteiger partial charge in [-0.2, -0.15) is 0 Å². The number of halogens is 2. The molecule has 4 aromatic rings. The first kappa shape index (κ1) is 28.8. The average Bonchev–Trinajstić information content (AvgIpc) is 3.54. The molecule has 1 aliphatic heterocycles. The Balaban J connectivity index is 1.34. The van der Waals surface area contributed by atoms with Gasteiger partial charge in [0.2, 0.25) is 0 Å². The van der Waals surface area contributed by atoms with Gasteiger partial charge in [-0.05, 0) is 52.9 Å². The highest BCUT2D eigenvalue weighted by molar-refractivity contribution is 6.43. The van der Waals surface area contributed by atoms with Gasteiger partial charge in [-0.25, -0.2) is 0 Å². The molecular weight excluding hydrogens is 563 g/mol. The number of piperazine rings is 1. The fourth-order valence-corrected chi connectivity index (χ4v) is 7.02. The Hall–Kier alpha value is -3.31. The third-order valence-corrected chi connectivity index (χ3v) is 9.66. The molecule has 0 bridgehead atoms. The monoisotopic (exact) mass is 598 g/mol. The Bertz CT molecular complexity index is 1540. The Kier molecular flexibility index (Phi) is 8.85. The minimum atomic E-state index is -0.218. The number of ketones is 1. The van der Waals surface area contributed by atoms with Crippen molar-refractivity contribution in [3.8, 4) is 16.9 Å². The summed E-state index contributed by atoms with van der Waals surface area (Å²) in [6.45, 7) is 3.03. The van der Waals surface area contributed by atoms with Gasteiger partial charge in [-0.1, -0.05) is 110 Å². The maximum absolute atomic E-state index is 13.4. The molecule has 1 saturated carbocycles. The zero-order valence-electron chi connectivity index (χ0n) is 23.7. The van der Waals surface area contributed by atoms with Crippen LogP contribution in [0.4, 0.5) is 5.69 Å². The molecule has 1 atom stereocenters. The molecule has 0 radical (unpaired) electrons.